The zero-order valence-electron chi connectivity index (χ0n) is 24.8. The van der Waals surface area contributed by atoms with Crippen LogP contribution in [0.2, 0.25) is 5.02 Å². The monoisotopic (exact) mass is 656 g/mol. The van der Waals surface area contributed by atoms with Crippen molar-refractivity contribution in [2.45, 2.75) is 45.5 Å². The van der Waals surface area contributed by atoms with E-state index in [1.165, 1.54) is 25.3 Å². The zero-order chi connectivity index (χ0) is 33.7. The summed E-state index contributed by atoms with van der Waals surface area (Å²) < 4.78 is 70.8. The topological polar surface area (TPSA) is 133 Å². The summed E-state index contributed by atoms with van der Waals surface area (Å²) >= 11 is 5.82. The first-order valence-corrected chi connectivity index (χ1v) is 13.5. The van der Waals surface area contributed by atoms with E-state index in [0.29, 0.717) is 6.07 Å². The molecule has 0 spiro atoms. The third-order valence-corrected chi connectivity index (χ3v) is 6.43. The van der Waals surface area contributed by atoms with Crippen molar-refractivity contribution in [1.29, 1.82) is 0 Å². The molecule has 0 aliphatic heterocycles. The highest BCUT2D eigenvalue weighted by molar-refractivity contribution is 6.32. The number of aromatic nitrogens is 1. The minimum Gasteiger partial charge on any atom is -0.481 e. The standard InChI is InChI=1S/C29H29ClF4N4O7/c1-28(2,3)45-27(40)37(11-10-22-24(38(41)42)8-9-25(36-22)43-4)15-16-12-17(31)6-7-21(16)35-23-14-19(29(32,33)34)20(30)13-18(23)26(39)44-5/h6-9,12-14,35H,10-11,15H2,1-5H3. The lowest BCUT2D eigenvalue weighted by Gasteiger charge is -2.28. The summed E-state index contributed by atoms with van der Waals surface area (Å²) in [5, 5.41) is 13.6. The molecular weight excluding hydrogens is 628 g/mol. The number of nitrogens with zero attached hydrogens (tertiary/aromatic N) is 3. The first kappa shape index (κ1) is 34.8. The van der Waals surface area contributed by atoms with Gasteiger partial charge in [0, 0.05) is 30.8 Å². The predicted octanol–water partition coefficient (Wildman–Crippen LogP) is 7.32. The van der Waals surface area contributed by atoms with Gasteiger partial charge in [-0.3, -0.25) is 10.1 Å². The molecule has 0 aliphatic rings. The molecule has 1 amide bonds. The quantitative estimate of drug-likeness (QED) is 0.103. The van der Waals surface area contributed by atoms with Crippen molar-refractivity contribution in [3.8, 4) is 5.88 Å². The van der Waals surface area contributed by atoms with Crippen LogP contribution < -0.4 is 10.1 Å². The number of carbonyl (C=O) groups excluding carboxylic acids is 2. The van der Waals surface area contributed by atoms with Crippen molar-refractivity contribution in [3.63, 3.8) is 0 Å². The van der Waals surface area contributed by atoms with Crippen LogP contribution in [0.25, 0.3) is 0 Å². The van der Waals surface area contributed by atoms with Crippen LogP contribution in [0, 0.1) is 15.9 Å². The number of methoxy groups -OCH3 is 2. The van der Waals surface area contributed by atoms with Gasteiger partial charge in [0.15, 0.2) is 0 Å². The number of esters is 1. The van der Waals surface area contributed by atoms with Gasteiger partial charge in [-0.1, -0.05) is 11.6 Å². The SMILES string of the molecule is COC(=O)c1cc(Cl)c(C(F)(F)F)cc1Nc1ccc(F)cc1CN(CCc1nc(OC)ccc1[N+](=O)[O-])C(=O)OC(C)(C)C. The molecule has 1 heterocycles. The average Bonchev–Trinajstić information content (AvgIpc) is 2.94. The summed E-state index contributed by atoms with van der Waals surface area (Å²) in [6.07, 6.45) is -5.90. The lowest BCUT2D eigenvalue weighted by Crippen LogP contribution is -2.38. The number of rotatable bonds is 10. The van der Waals surface area contributed by atoms with E-state index in [0.717, 1.165) is 30.2 Å². The summed E-state index contributed by atoms with van der Waals surface area (Å²) in [5.74, 6) is -1.65. The number of alkyl halides is 3. The smallest absolute Gasteiger partial charge is 0.417 e. The maximum absolute atomic E-state index is 14.5. The second-order valence-electron chi connectivity index (χ2n) is 10.5. The fourth-order valence-corrected chi connectivity index (χ4v) is 4.35. The Bertz CT molecular complexity index is 1600. The van der Waals surface area contributed by atoms with Gasteiger partial charge < -0.3 is 24.4 Å². The second kappa shape index (κ2) is 14.0. The van der Waals surface area contributed by atoms with Gasteiger partial charge in [0.2, 0.25) is 5.88 Å². The summed E-state index contributed by atoms with van der Waals surface area (Å²) in [5.41, 5.74) is -3.15. The van der Waals surface area contributed by atoms with Gasteiger partial charge in [-0.15, -0.1) is 0 Å². The third-order valence-electron chi connectivity index (χ3n) is 6.12. The van der Waals surface area contributed by atoms with E-state index in [1.54, 1.807) is 20.8 Å². The van der Waals surface area contributed by atoms with Gasteiger partial charge in [-0.05, 0) is 56.7 Å². The van der Waals surface area contributed by atoms with E-state index in [-0.39, 0.29) is 59.3 Å². The number of ether oxygens (including phenoxy) is 3. The molecule has 11 nitrogen and oxygen atoms in total. The number of hydrogen-bond donors (Lipinski definition) is 1. The maximum Gasteiger partial charge on any atom is 0.417 e. The van der Waals surface area contributed by atoms with Gasteiger partial charge >= 0.3 is 18.2 Å². The first-order valence-electron chi connectivity index (χ1n) is 13.1. The van der Waals surface area contributed by atoms with Crippen molar-refractivity contribution < 1.29 is 46.3 Å². The van der Waals surface area contributed by atoms with Crippen LogP contribution in [-0.2, 0) is 28.6 Å². The Morgan fingerprint density at radius 1 is 1.07 bits per heavy atom. The number of nitrogens with one attached hydrogen (secondary N) is 1. The molecule has 16 heteroatoms. The Morgan fingerprint density at radius 3 is 2.33 bits per heavy atom. The number of hydrogen-bond acceptors (Lipinski definition) is 9. The van der Waals surface area contributed by atoms with Crippen LogP contribution >= 0.6 is 11.6 Å². The number of nitro groups is 1. The average molecular weight is 657 g/mol. The largest absolute Gasteiger partial charge is 0.481 e. The van der Waals surface area contributed by atoms with Crippen molar-refractivity contribution in [2.75, 3.05) is 26.1 Å². The predicted molar refractivity (Wildman–Crippen MR) is 155 cm³/mol. The van der Waals surface area contributed by atoms with E-state index < -0.39 is 45.2 Å². The number of anilines is 2. The van der Waals surface area contributed by atoms with Crippen molar-refractivity contribution in [2.24, 2.45) is 0 Å². The van der Waals surface area contributed by atoms with Crippen molar-refractivity contribution >= 4 is 40.7 Å². The molecule has 0 atom stereocenters. The molecule has 0 aliphatic carbocycles. The van der Waals surface area contributed by atoms with E-state index >= 15 is 0 Å². The normalized spacial score (nSPS) is 11.5. The van der Waals surface area contributed by atoms with E-state index in [1.807, 2.05) is 0 Å². The van der Waals surface area contributed by atoms with E-state index in [2.05, 4.69) is 10.3 Å². The van der Waals surface area contributed by atoms with Gasteiger partial charge in [-0.2, -0.15) is 13.2 Å². The lowest BCUT2D eigenvalue weighted by atomic mass is 10.1. The minimum atomic E-state index is -4.88. The second-order valence-corrected chi connectivity index (χ2v) is 10.9. The molecule has 3 aromatic rings. The first-order chi connectivity index (χ1) is 20.9. The number of carbonyl (C=O) groups is 2. The fraction of sp³-hybridized carbons (Fsp3) is 0.345. The molecule has 0 saturated carbocycles. The molecule has 0 saturated heterocycles. The fourth-order valence-electron chi connectivity index (χ4n) is 4.08. The molecule has 0 unspecified atom stereocenters. The zero-order valence-corrected chi connectivity index (χ0v) is 25.5. The third kappa shape index (κ3) is 9.17. The Labute approximate surface area is 260 Å². The molecule has 0 radical (unpaired) electrons. The van der Waals surface area contributed by atoms with Crippen LogP contribution in [0.1, 0.15) is 48.0 Å². The Kier molecular flexibility index (Phi) is 10.8. The van der Waals surface area contributed by atoms with Gasteiger partial charge in [0.25, 0.3) is 5.69 Å². The molecule has 3 rings (SSSR count). The highest BCUT2D eigenvalue weighted by atomic mass is 35.5. The number of pyridine rings is 1. The van der Waals surface area contributed by atoms with E-state index in [4.69, 9.17) is 25.8 Å². The van der Waals surface area contributed by atoms with Crippen molar-refractivity contribution in [1.82, 2.24) is 9.88 Å². The highest BCUT2D eigenvalue weighted by Crippen LogP contribution is 2.39. The van der Waals surface area contributed by atoms with Crippen LogP contribution in [0.4, 0.5) is 39.4 Å². The number of amides is 1. The van der Waals surface area contributed by atoms with E-state index in [9.17, 15) is 37.3 Å². The minimum absolute atomic E-state index is 0.00550. The summed E-state index contributed by atoms with van der Waals surface area (Å²) in [6, 6.07) is 7.17. The van der Waals surface area contributed by atoms with Crippen LogP contribution in [0.15, 0.2) is 42.5 Å². The summed E-state index contributed by atoms with van der Waals surface area (Å²) in [4.78, 5) is 41.9. The van der Waals surface area contributed by atoms with Crippen LogP contribution in [-0.4, -0.2) is 53.2 Å². The van der Waals surface area contributed by atoms with Gasteiger partial charge in [0.05, 0.1) is 47.5 Å². The molecular formula is C29H29ClF4N4O7. The van der Waals surface area contributed by atoms with Crippen LogP contribution in [0.5, 0.6) is 5.88 Å². The molecule has 242 valence electrons. The van der Waals surface area contributed by atoms with Gasteiger partial charge in [-0.25, -0.2) is 19.0 Å². The molecule has 2 aromatic carbocycles. The summed E-state index contributed by atoms with van der Waals surface area (Å²) in [6.45, 7) is 4.25. The Hall–Kier alpha value is -4.66. The molecule has 1 N–H and O–H groups in total. The molecule has 1 aromatic heterocycles. The molecule has 0 fully saturated rings. The van der Waals surface area contributed by atoms with Gasteiger partial charge in [0.1, 0.15) is 17.1 Å². The molecule has 45 heavy (non-hydrogen) atoms. The molecule has 0 bridgehead atoms. The number of benzene rings is 2. The maximum atomic E-state index is 14.5. The highest BCUT2D eigenvalue weighted by Gasteiger charge is 2.35. The Morgan fingerprint density at radius 2 is 1.76 bits per heavy atom. The van der Waals surface area contributed by atoms with Crippen molar-refractivity contribution in [3.05, 3.63) is 85.8 Å². The summed E-state index contributed by atoms with van der Waals surface area (Å²) in [7, 11) is 2.36. The Balaban J connectivity index is 2.06. The van der Waals surface area contributed by atoms with Crippen LogP contribution in [0.3, 0.4) is 0 Å². The number of halogens is 5. The lowest BCUT2D eigenvalue weighted by molar-refractivity contribution is -0.386.